The predicted molar refractivity (Wildman–Crippen MR) is 83.7 cm³/mol. The summed E-state index contributed by atoms with van der Waals surface area (Å²) in [6, 6.07) is 2.99. The summed E-state index contributed by atoms with van der Waals surface area (Å²) >= 11 is 1.14. The fourth-order valence-electron chi connectivity index (χ4n) is 1.84. The first-order valence-electron chi connectivity index (χ1n) is 6.59. The fraction of sp³-hybridized carbons (Fsp3) is 0.214. The van der Waals surface area contributed by atoms with Gasteiger partial charge in [0, 0.05) is 18.8 Å². The van der Waals surface area contributed by atoms with Gasteiger partial charge in [0.25, 0.3) is 5.91 Å². The molecule has 2 aromatic rings. The highest BCUT2D eigenvalue weighted by molar-refractivity contribution is 7.10. The van der Waals surface area contributed by atoms with Gasteiger partial charge in [-0.1, -0.05) is 0 Å². The summed E-state index contributed by atoms with van der Waals surface area (Å²) in [6.07, 6.45) is 0. The number of nitrogens with one attached hydrogen (secondary N) is 3. The molecule has 0 spiro atoms. The minimum Gasteiger partial charge on any atom is -0.378 e. The van der Waals surface area contributed by atoms with E-state index in [-0.39, 0.29) is 12.2 Å². The Morgan fingerprint density at radius 3 is 2.65 bits per heavy atom. The van der Waals surface area contributed by atoms with E-state index < -0.39 is 23.4 Å². The first-order valence-corrected chi connectivity index (χ1v) is 7.37. The van der Waals surface area contributed by atoms with Crippen molar-refractivity contribution in [1.29, 1.82) is 0 Å². The third-order valence-corrected chi connectivity index (χ3v) is 3.89. The van der Waals surface area contributed by atoms with E-state index in [0.29, 0.717) is 16.3 Å². The molecule has 0 bridgehead atoms. The second-order valence-electron chi connectivity index (χ2n) is 4.58. The molecule has 122 valence electrons. The average Bonchev–Trinajstić information content (AvgIpc) is 2.89. The van der Waals surface area contributed by atoms with E-state index in [9.17, 15) is 18.4 Å². The molecule has 0 saturated heterocycles. The molecular formula is C14H14F2N4O2S. The summed E-state index contributed by atoms with van der Waals surface area (Å²) in [7, 11) is 1.67. The average molecular weight is 340 g/mol. The third-order valence-electron chi connectivity index (χ3n) is 2.93. The Morgan fingerprint density at radius 1 is 1.26 bits per heavy atom. The lowest BCUT2D eigenvalue weighted by Crippen LogP contribution is -2.33. The number of carbonyl (C=O) groups is 2. The molecule has 3 N–H and O–H groups in total. The Bertz CT molecular complexity index is 748. The number of hydrogen-bond acceptors (Lipinski definition) is 5. The maximum atomic E-state index is 13.0. The topological polar surface area (TPSA) is 83.1 Å². The number of aryl methyl sites for hydroxylation is 1. The van der Waals surface area contributed by atoms with Gasteiger partial charge >= 0.3 is 0 Å². The molecular weight excluding hydrogens is 326 g/mol. The highest BCUT2D eigenvalue weighted by Crippen LogP contribution is 2.23. The van der Waals surface area contributed by atoms with E-state index in [4.69, 9.17) is 0 Å². The Balaban J connectivity index is 1.94. The monoisotopic (exact) mass is 340 g/mol. The van der Waals surface area contributed by atoms with Crippen molar-refractivity contribution in [3.63, 3.8) is 0 Å². The van der Waals surface area contributed by atoms with Gasteiger partial charge in [0.1, 0.15) is 5.00 Å². The Hall–Kier alpha value is -2.55. The van der Waals surface area contributed by atoms with Crippen molar-refractivity contribution in [2.75, 3.05) is 24.2 Å². The van der Waals surface area contributed by atoms with Gasteiger partial charge in [0.05, 0.1) is 17.8 Å². The van der Waals surface area contributed by atoms with Crippen LogP contribution in [0.5, 0.6) is 0 Å². The second-order valence-corrected chi connectivity index (χ2v) is 5.36. The summed E-state index contributed by atoms with van der Waals surface area (Å²) < 4.78 is 29.9. The molecule has 0 aliphatic rings. The van der Waals surface area contributed by atoms with Crippen molar-refractivity contribution in [2.24, 2.45) is 0 Å². The smallest absolute Gasteiger partial charge is 0.256 e. The minimum atomic E-state index is -1.06. The van der Waals surface area contributed by atoms with Crippen molar-refractivity contribution in [3.05, 3.63) is 41.1 Å². The highest BCUT2D eigenvalue weighted by atomic mass is 32.1. The maximum absolute atomic E-state index is 13.0. The van der Waals surface area contributed by atoms with Gasteiger partial charge in [-0.25, -0.2) is 8.78 Å². The molecule has 23 heavy (non-hydrogen) atoms. The van der Waals surface area contributed by atoms with Gasteiger partial charge in [-0.05, 0) is 30.6 Å². The van der Waals surface area contributed by atoms with Crippen molar-refractivity contribution >= 4 is 34.0 Å². The lowest BCUT2D eigenvalue weighted by Gasteiger charge is -2.08. The molecule has 0 saturated carbocycles. The number of benzene rings is 1. The molecule has 6 nitrogen and oxygen atoms in total. The normalized spacial score (nSPS) is 10.3. The summed E-state index contributed by atoms with van der Waals surface area (Å²) in [5, 5.41) is 8.27. The van der Waals surface area contributed by atoms with E-state index >= 15 is 0 Å². The first kappa shape index (κ1) is 16.8. The van der Waals surface area contributed by atoms with Gasteiger partial charge < -0.3 is 16.0 Å². The third kappa shape index (κ3) is 4.01. The van der Waals surface area contributed by atoms with E-state index in [1.807, 2.05) is 0 Å². The van der Waals surface area contributed by atoms with E-state index in [1.165, 1.54) is 6.07 Å². The Kier molecular flexibility index (Phi) is 5.22. The van der Waals surface area contributed by atoms with Crippen molar-refractivity contribution in [3.8, 4) is 0 Å². The largest absolute Gasteiger partial charge is 0.378 e. The zero-order valence-corrected chi connectivity index (χ0v) is 13.2. The zero-order chi connectivity index (χ0) is 17.0. The fourth-order valence-corrected chi connectivity index (χ4v) is 2.58. The molecule has 2 rings (SSSR count). The number of carbonyl (C=O) groups excluding carboxylic acids is 2. The lowest BCUT2D eigenvalue weighted by molar-refractivity contribution is -0.115. The summed E-state index contributed by atoms with van der Waals surface area (Å²) in [4.78, 5) is 23.8. The van der Waals surface area contributed by atoms with E-state index in [0.717, 1.165) is 23.7 Å². The van der Waals surface area contributed by atoms with Crippen LogP contribution in [0.15, 0.2) is 18.2 Å². The summed E-state index contributed by atoms with van der Waals surface area (Å²) in [5.74, 6) is -3.07. The van der Waals surface area contributed by atoms with Crippen LogP contribution >= 0.6 is 11.5 Å². The maximum Gasteiger partial charge on any atom is 0.256 e. The molecule has 0 fully saturated rings. The first-order chi connectivity index (χ1) is 10.9. The number of amides is 2. The zero-order valence-electron chi connectivity index (χ0n) is 12.4. The number of hydrogen-bond donors (Lipinski definition) is 3. The summed E-state index contributed by atoms with van der Waals surface area (Å²) in [5.41, 5.74) is 1.03. The van der Waals surface area contributed by atoms with Gasteiger partial charge in [0.2, 0.25) is 5.91 Å². The van der Waals surface area contributed by atoms with Crippen LogP contribution in [0, 0.1) is 18.6 Å². The molecule has 0 radical (unpaired) electrons. The van der Waals surface area contributed by atoms with Crippen molar-refractivity contribution in [2.45, 2.75) is 6.92 Å². The number of aromatic nitrogens is 1. The molecule has 0 unspecified atom stereocenters. The van der Waals surface area contributed by atoms with Crippen LogP contribution in [0.2, 0.25) is 0 Å². The summed E-state index contributed by atoms with van der Waals surface area (Å²) in [6.45, 7) is 1.38. The van der Waals surface area contributed by atoms with E-state index in [2.05, 4.69) is 20.3 Å². The number of anilines is 2. The van der Waals surface area contributed by atoms with Gasteiger partial charge in [-0.3, -0.25) is 9.59 Å². The molecule has 1 aromatic heterocycles. The number of nitrogens with zero attached hydrogens (tertiary/aromatic N) is 1. The van der Waals surface area contributed by atoms with Crippen LogP contribution in [-0.2, 0) is 4.79 Å². The molecule has 9 heteroatoms. The van der Waals surface area contributed by atoms with Crippen molar-refractivity contribution in [1.82, 2.24) is 9.69 Å². The Morgan fingerprint density at radius 2 is 2.00 bits per heavy atom. The van der Waals surface area contributed by atoms with Gasteiger partial charge in [-0.2, -0.15) is 4.37 Å². The van der Waals surface area contributed by atoms with Crippen LogP contribution in [0.4, 0.5) is 19.5 Å². The minimum absolute atomic E-state index is 0.104. The molecule has 0 atom stereocenters. The standard InChI is InChI=1S/C14H14F2N4O2S/c1-7-12(14(17-2)23-20-7)13(22)18-6-11(21)19-8-3-4-9(15)10(16)5-8/h3-5,17H,6H2,1-2H3,(H,18,22)(H,19,21). The lowest BCUT2D eigenvalue weighted by atomic mass is 10.2. The van der Waals surface area contributed by atoms with E-state index in [1.54, 1.807) is 14.0 Å². The van der Waals surface area contributed by atoms with Crippen LogP contribution in [0.1, 0.15) is 16.1 Å². The van der Waals surface area contributed by atoms with Gasteiger partial charge in [-0.15, -0.1) is 0 Å². The highest BCUT2D eigenvalue weighted by Gasteiger charge is 2.18. The molecule has 0 aliphatic heterocycles. The van der Waals surface area contributed by atoms with Crippen LogP contribution in [-0.4, -0.2) is 29.8 Å². The second kappa shape index (κ2) is 7.14. The van der Waals surface area contributed by atoms with Crippen LogP contribution < -0.4 is 16.0 Å². The van der Waals surface area contributed by atoms with Crippen molar-refractivity contribution < 1.29 is 18.4 Å². The SMILES string of the molecule is CNc1snc(C)c1C(=O)NCC(=O)Nc1ccc(F)c(F)c1. The Labute approximate surface area is 135 Å². The van der Waals surface area contributed by atoms with Crippen LogP contribution in [0.3, 0.4) is 0 Å². The predicted octanol–water partition coefficient (Wildman–Crippen LogP) is 2.14. The quantitative estimate of drug-likeness (QED) is 0.779. The molecule has 1 aromatic carbocycles. The number of rotatable bonds is 5. The molecule has 0 aliphatic carbocycles. The molecule has 2 amide bonds. The van der Waals surface area contributed by atoms with Gasteiger partial charge in [0.15, 0.2) is 11.6 Å². The van der Waals surface area contributed by atoms with Crippen LogP contribution in [0.25, 0.3) is 0 Å². The number of halogens is 2. The molecule has 1 heterocycles.